The Morgan fingerprint density at radius 3 is 2.90 bits per heavy atom. The van der Waals surface area contributed by atoms with Gasteiger partial charge in [-0.25, -0.2) is 4.98 Å². The number of hydrogen-bond acceptors (Lipinski definition) is 3. The number of carbonyl (C=O) groups excluding carboxylic acids is 1. The monoisotopic (exact) mass is 290 g/mol. The van der Waals surface area contributed by atoms with E-state index in [2.05, 4.69) is 9.88 Å². The Morgan fingerprint density at radius 2 is 2.19 bits per heavy atom. The molecule has 1 amide bonds. The second kappa shape index (κ2) is 6.18. The molecule has 1 N–H and O–H groups in total. The Kier molecular flexibility index (Phi) is 4.29. The van der Waals surface area contributed by atoms with Crippen LogP contribution in [0.1, 0.15) is 55.7 Å². The molecule has 0 saturated heterocycles. The molecule has 1 aliphatic heterocycles. The third-order valence-electron chi connectivity index (χ3n) is 4.93. The lowest BCUT2D eigenvalue weighted by molar-refractivity contribution is -0.130. The Labute approximate surface area is 126 Å². The van der Waals surface area contributed by atoms with Crippen LogP contribution in [-0.4, -0.2) is 40.5 Å². The van der Waals surface area contributed by atoms with Gasteiger partial charge in [0.1, 0.15) is 12.4 Å². The molecular weight excluding hydrogens is 264 g/mol. The molecule has 1 aliphatic carbocycles. The van der Waals surface area contributed by atoms with E-state index in [1.54, 1.807) is 4.90 Å². The highest BCUT2D eigenvalue weighted by Crippen LogP contribution is 2.35. The second-order valence-electron chi connectivity index (χ2n) is 6.27. The first-order valence-corrected chi connectivity index (χ1v) is 8.23. The van der Waals surface area contributed by atoms with Gasteiger partial charge >= 0.3 is 0 Å². The van der Waals surface area contributed by atoms with Gasteiger partial charge in [0.15, 0.2) is 0 Å². The van der Waals surface area contributed by atoms with Crippen LogP contribution in [0.3, 0.4) is 0 Å². The van der Waals surface area contributed by atoms with Gasteiger partial charge in [-0.1, -0.05) is 12.8 Å². The predicted octanol–water partition coefficient (Wildman–Crippen LogP) is 1.66. The maximum atomic E-state index is 12.4. The lowest BCUT2D eigenvalue weighted by atomic mass is 10.1. The van der Waals surface area contributed by atoms with Crippen molar-refractivity contribution in [3.05, 3.63) is 17.2 Å². The summed E-state index contributed by atoms with van der Waals surface area (Å²) in [6, 6.07) is 0. The third-order valence-corrected chi connectivity index (χ3v) is 4.93. The summed E-state index contributed by atoms with van der Waals surface area (Å²) in [7, 11) is 1.88. The molecule has 0 aromatic carbocycles. The van der Waals surface area contributed by atoms with E-state index in [-0.39, 0.29) is 5.91 Å². The van der Waals surface area contributed by atoms with Crippen molar-refractivity contribution in [1.82, 2.24) is 19.8 Å². The van der Waals surface area contributed by atoms with Gasteiger partial charge in [-0.3, -0.25) is 4.79 Å². The standard InChI is InChI=1S/C16H26N4O/c1-3-19(2)15(21)11-20-14-8-9-17-10-13(14)18-16(20)12-6-4-5-7-12/h12,17H,3-11H2,1-2H3. The summed E-state index contributed by atoms with van der Waals surface area (Å²) >= 11 is 0. The molecule has 3 rings (SSSR count). The smallest absolute Gasteiger partial charge is 0.242 e. The maximum absolute atomic E-state index is 12.4. The summed E-state index contributed by atoms with van der Waals surface area (Å²) in [5.41, 5.74) is 2.45. The van der Waals surface area contributed by atoms with Crippen molar-refractivity contribution in [1.29, 1.82) is 0 Å². The van der Waals surface area contributed by atoms with Crippen LogP contribution in [-0.2, 0) is 24.3 Å². The van der Waals surface area contributed by atoms with Crippen molar-refractivity contribution in [2.45, 2.75) is 58.0 Å². The Bertz CT molecular complexity index is 517. The van der Waals surface area contributed by atoms with E-state index in [4.69, 9.17) is 4.98 Å². The topological polar surface area (TPSA) is 50.2 Å². The maximum Gasteiger partial charge on any atom is 0.242 e. The summed E-state index contributed by atoms with van der Waals surface area (Å²) in [5, 5.41) is 3.39. The van der Waals surface area contributed by atoms with E-state index in [0.29, 0.717) is 12.5 Å². The number of amides is 1. The Hall–Kier alpha value is -1.36. The molecule has 2 aliphatic rings. The highest BCUT2D eigenvalue weighted by molar-refractivity contribution is 5.75. The second-order valence-corrected chi connectivity index (χ2v) is 6.27. The van der Waals surface area contributed by atoms with E-state index in [1.807, 2.05) is 14.0 Å². The molecular formula is C16H26N4O. The fraction of sp³-hybridized carbons (Fsp3) is 0.750. The minimum absolute atomic E-state index is 0.190. The first-order chi connectivity index (χ1) is 10.2. The number of nitrogens with one attached hydrogen (secondary N) is 1. The number of rotatable bonds is 4. The van der Waals surface area contributed by atoms with Crippen LogP contribution >= 0.6 is 0 Å². The molecule has 0 unspecified atom stereocenters. The molecule has 1 aromatic heterocycles. The number of likely N-dealkylation sites (N-methyl/N-ethyl adjacent to an activating group) is 1. The van der Waals surface area contributed by atoms with Gasteiger partial charge in [0, 0.05) is 44.7 Å². The van der Waals surface area contributed by atoms with Crippen molar-refractivity contribution in [3.63, 3.8) is 0 Å². The minimum Gasteiger partial charge on any atom is -0.344 e. The summed E-state index contributed by atoms with van der Waals surface area (Å²) in [4.78, 5) is 19.1. The first kappa shape index (κ1) is 14.6. The zero-order valence-electron chi connectivity index (χ0n) is 13.2. The van der Waals surface area contributed by atoms with Crippen molar-refractivity contribution in [2.75, 3.05) is 20.1 Å². The molecule has 5 heteroatoms. The van der Waals surface area contributed by atoms with Crippen LogP contribution in [0, 0.1) is 0 Å². The summed E-state index contributed by atoms with van der Waals surface area (Å²) < 4.78 is 2.24. The van der Waals surface area contributed by atoms with Crippen molar-refractivity contribution in [2.24, 2.45) is 0 Å². The average molecular weight is 290 g/mol. The average Bonchev–Trinajstić information content (AvgIpc) is 3.14. The fourth-order valence-electron chi connectivity index (χ4n) is 3.50. The van der Waals surface area contributed by atoms with Crippen LogP contribution in [0.4, 0.5) is 0 Å². The molecule has 21 heavy (non-hydrogen) atoms. The highest BCUT2D eigenvalue weighted by atomic mass is 16.2. The van der Waals surface area contributed by atoms with E-state index in [9.17, 15) is 4.79 Å². The number of fused-ring (bicyclic) bond motifs is 1. The van der Waals surface area contributed by atoms with Gasteiger partial charge in [0.05, 0.1) is 5.69 Å². The highest BCUT2D eigenvalue weighted by Gasteiger charge is 2.28. The molecule has 0 bridgehead atoms. The number of hydrogen-bond donors (Lipinski definition) is 1. The predicted molar refractivity (Wildman–Crippen MR) is 82.2 cm³/mol. The van der Waals surface area contributed by atoms with Gasteiger partial charge in [-0.15, -0.1) is 0 Å². The number of nitrogens with zero attached hydrogens (tertiary/aromatic N) is 3. The van der Waals surface area contributed by atoms with Crippen LogP contribution in [0.25, 0.3) is 0 Å². The summed E-state index contributed by atoms with van der Waals surface area (Å²) in [6.07, 6.45) is 6.02. The summed E-state index contributed by atoms with van der Waals surface area (Å²) in [5.74, 6) is 1.91. The largest absolute Gasteiger partial charge is 0.344 e. The first-order valence-electron chi connectivity index (χ1n) is 8.23. The van der Waals surface area contributed by atoms with E-state index >= 15 is 0 Å². The van der Waals surface area contributed by atoms with Gasteiger partial charge in [-0.2, -0.15) is 0 Å². The number of imidazole rings is 1. The molecule has 0 spiro atoms. The molecule has 1 saturated carbocycles. The zero-order valence-corrected chi connectivity index (χ0v) is 13.2. The molecule has 2 heterocycles. The van der Waals surface area contributed by atoms with Crippen LogP contribution in [0.2, 0.25) is 0 Å². The van der Waals surface area contributed by atoms with E-state index in [1.165, 1.54) is 37.2 Å². The van der Waals surface area contributed by atoms with Crippen LogP contribution in [0.5, 0.6) is 0 Å². The Morgan fingerprint density at radius 1 is 1.43 bits per heavy atom. The molecule has 1 fully saturated rings. The fourth-order valence-corrected chi connectivity index (χ4v) is 3.50. The molecule has 5 nitrogen and oxygen atoms in total. The van der Waals surface area contributed by atoms with Crippen molar-refractivity contribution < 1.29 is 4.79 Å². The summed E-state index contributed by atoms with van der Waals surface area (Å²) in [6.45, 7) is 5.07. The quantitative estimate of drug-likeness (QED) is 0.917. The van der Waals surface area contributed by atoms with E-state index in [0.717, 1.165) is 31.7 Å². The molecule has 1 aromatic rings. The van der Waals surface area contributed by atoms with Gasteiger partial charge < -0.3 is 14.8 Å². The van der Waals surface area contributed by atoms with Gasteiger partial charge in [0.2, 0.25) is 5.91 Å². The van der Waals surface area contributed by atoms with E-state index < -0.39 is 0 Å². The Balaban J connectivity index is 1.91. The number of carbonyl (C=O) groups is 1. The van der Waals surface area contributed by atoms with Crippen LogP contribution in [0.15, 0.2) is 0 Å². The van der Waals surface area contributed by atoms with Crippen molar-refractivity contribution in [3.8, 4) is 0 Å². The molecule has 0 atom stereocenters. The third kappa shape index (κ3) is 2.84. The van der Waals surface area contributed by atoms with Gasteiger partial charge in [-0.05, 0) is 19.8 Å². The SMILES string of the molecule is CCN(C)C(=O)Cn1c(C2CCCC2)nc2c1CCNC2. The zero-order chi connectivity index (χ0) is 14.8. The normalized spacial score (nSPS) is 18.8. The van der Waals surface area contributed by atoms with Crippen molar-refractivity contribution >= 4 is 5.91 Å². The molecule has 116 valence electrons. The van der Waals surface area contributed by atoms with Crippen LogP contribution < -0.4 is 5.32 Å². The lowest BCUT2D eigenvalue weighted by Gasteiger charge is -2.20. The minimum atomic E-state index is 0.190. The molecule has 0 radical (unpaired) electrons. The van der Waals surface area contributed by atoms with Gasteiger partial charge in [0.25, 0.3) is 0 Å². The number of aromatic nitrogens is 2. The lowest BCUT2D eigenvalue weighted by Crippen LogP contribution is -2.32.